The number of allylic oxidation sites excluding steroid dienone is 2. The van der Waals surface area contributed by atoms with E-state index in [-0.39, 0.29) is 17.5 Å². The highest BCUT2D eigenvalue weighted by Crippen LogP contribution is 2.48. The van der Waals surface area contributed by atoms with Crippen molar-refractivity contribution in [2.45, 2.75) is 39.0 Å². The minimum atomic E-state index is -0.274. The van der Waals surface area contributed by atoms with Gasteiger partial charge in [-0.25, -0.2) is 9.07 Å². The Kier molecular flexibility index (Phi) is 3.98. The van der Waals surface area contributed by atoms with Gasteiger partial charge in [0.15, 0.2) is 5.78 Å². The predicted molar refractivity (Wildman–Crippen MR) is 109 cm³/mol. The maximum atomic E-state index is 13.4. The second-order valence-corrected chi connectivity index (χ2v) is 8.73. The topological polar surface area (TPSA) is 46.9 Å². The van der Waals surface area contributed by atoms with E-state index in [0.717, 1.165) is 46.9 Å². The van der Waals surface area contributed by atoms with Gasteiger partial charge in [0, 0.05) is 33.0 Å². The molecule has 28 heavy (non-hydrogen) atoms. The van der Waals surface area contributed by atoms with Gasteiger partial charge in [0.2, 0.25) is 0 Å². The van der Waals surface area contributed by atoms with E-state index >= 15 is 0 Å². The van der Waals surface area contributed by atoms with Crippen molar-refractivity contribution in [3.63, 3.8) is 0 Å². The van der Waals surface area contributed by atoms with E-state index in [0.29, 0.717) is 6.42 Å². The molecule has 0 fully saturated rings. The van der Waals surface area contributed by atoms with Gasteiger partial charge in [0.05, 0.1) is 17.3 Å². The number of aromatic nitrogens is 2. The number of thiophene rings is 1. The molecule has 1 aliphatic heterocycles. The van der Waals surface area contributed by atoms with Crippen LogP contribution in [0.1, 0.15) is 46.2 Å². The quantitative estimate of drug-likeness (QED) is 0.646. The van der Waals surface area contributed by atoms with Crippen LogP contribution in [0.2, 0.25) is 0 Å². The molecule has 1 N–H and O–H groups in total. The van der Waals surface area contributed by atoms with Crippen LogP contribution >= 0.6 is 11.3 Å². The van der Waals surface area contributed by atoms with Gasteiger partial charge in [-0.2, -0.15) is 5.10 Å². The number of fused-ring (bicyclic) bond motifs is 1. The van der Waals surface area contributed by atoms with Crippen LogP contribution in [0.15, 0.2) is 47.7 Å². The van der Waals surface area contributed by atoms with Crippen LogP contribution in [0.3, 0.4) is 0 Å². The van der Waals surface area contributed by atoms with Crippen molar-refractivity contribution in [3.05, 3.63) is 74.5 Å². The third-order valence-electron chi connectivity index (χ3n) is 5.53. The molecule has 2 aromatic heterocycles. The average Bonchev–Trinajstić information content (AvgIpc) is 3.25. The van der Waals surface area contributed by atoms with Crippen LogP contribution in [-0.2, 0) is 4.79 Å². The summed E-state index contributed by atoms with van der Waals surface area (Å²) in [6.07, 6.45) is 2.32. The second-order valence-electron chi connectivity index (χ2n) is 7.41. The molecule has 2 aliphatic rings. The van der Waals surface area contributed by atoms with Gasteiger partial charge in [0.25, 0.3) is 0 Å². The fraction of sp³-hybridized carbons (Fsp3) is 0.273. The normalized spacial score (nSPS) is 18.7. The lowest BCUT2D eigenvalue weighted by Gasteiger charge is -2.32. The van der Waals surface area contributed by atoms with E-state index in [9.17, 15) is 9.18 Å². The molecule has 1 aromatic carbocycles. The summed E-state index contributed by atoms with van der Waals surface area (Å²) in [6.45, 7) is 4.07. The second kappa shape index (κ2) is 6.41. The molecule has 0 unspecified atom stereocenters. The molecule has 1 atom stereocenters. The van der Waals surface area contributed by atoms with E-state index in [2.05, 4.69) is 24.4 Å². The maximum absolute atomic E-state index is 13.4. The number of Topliss-reactive ketones (excluding diaryl/α,β-unsaturated/α-hetero) is 1. The lowest BCUT2D eigenvalue weighted by Crippen LogP contribution is -2.27. The first-order valence-corrected chi connectivity index (χ1v) is 10.3. The number of anilines is 1. The number of carbonyl (C=O) groups excluding carboxylic acids is 1. The summed E-state index contributed by atoms with van der Waals surface area (Å²) in [5, 5.41) is 8.26. The molecular weight excluding hydrogens is 373 g/mol. The predicted octanol–water partition coefficient (Wildman–Crippen LogP) is 5.25. The summed E-state index contributed by atoms with van der Waals surface area (Å²) in [7, 11) is 0. The largest absolute Gasteiger partial charge is 0.343 e. The van der Waals surface area contributed by atoms with Gasteiger partial charge < -0.3 is 5.32 Å². The number of rotatable bonds is 2. The van der Waals surface area contributed by atoms with Crippen LogP contribution in [-0.4, -0.2) is 15.6 Å². The van der Waals surface area contributed by atoms with Gasteiger partial charge in [-0.15, -0.1) is 11.3 Å². The Labute approximate surface area is 166 Å². The first-order valence-electron chi connectivity index (χ1n) is 9.48. The van der Waals surface area contributed by atoms with E-state index in [1.165, 1.54) is 21.9 Å². The molecule has 0 saturated heterocycles. The average molecular weight is 393 g/mol. The van der Waals surface area contributed by atoms with E-state index < -0.39 is 0 Å². The highest BCUT2D eigenvalue weighted by molar-refractivity contribution is 7.12. The lowest BCUT2D eigenvalue weighted by molar-refractivity contribution is -0.116. The fourth-order valence-electron chi connectivity index (χ4n) is 4.28. The molecule has 6 heteroatoms. The third-order valence-corrected chi connectivity index (χ3v) is 6.59. The van der Waals surface area contributed by atoms with Crippen LogP contribution in [0.5, 0.6) is 0 Å². The Hall–Kier alpha value is -2.73. The van der Waals surface area contributed by atoms with Crippen molar-refractivity contribution in [1.82, 2.24) is 9.78 Å². The number of nitrogens with zero attached hydrogens (tertiary/aromatic N) is 2. The molecule has 0 radical (unpaired) electrons. The summed E-state index contributed by atoms with van der Waals surface area (Å²) < 4.78 is 15.2. The first kappa shape index (κ1) is 17.4. The molecule has 1 aliphatic carbocycles. The van der Waals surface area contributed by atoms with E-state index in [4.69, 9.17) is 5.10 Å². The van der Waals surface area contributed by atoms with Crippen LogP contribution in [0.4, 0.5) is 10.2 Å². The first-order chi connectivity index (χ1) is 13.5. The molecule has 5 rings (SSSR count). The van der Waals surface area contributed by atoms with Crippen LogP contribution in [0.25, 0.3) is 5.69 Å². The fourth-order valence-corrected chi connectivity index (χ4v) is 5.28. The summed E-state index contributed by atoms with van der Waals surface area (Å²) in [4.78, 5) is 15.3. The van der Waals surface area contributed by atoms with Crippen molar-refractivity contribution in [3.8, 4) is 5.69 Å². The standard InChI is InChI=1S/C22H20FN3OS/c1-12-6-11-18(28-12)21-19-13(2)25-26(15-9-7-14(23)8-10-15)22(19)24-16-4-3-5-17(27)20(16)21/h6-11,21,24H,3-5H2,1-2H3/t21-/m1/s1. The van der Waals surface area contributed by atoms with Gasteiger partial charge in [-0.1, -0.05) is 0 Å². The van der Waals surface area contributed by atoms with Gasteiger partial charge in [-0.05, 0) is 63.1 Å². The number of benzene rings is 1. The monoisotopic (exact) mass is 393 g/mol. The van der Waals surface area contributed by atoms with E-state index in [1.54, 1.807) is 23.5 Å². The molecule has 142 valence electrons. The SMILES string of the molecule is Cc1ccc([C@H]2C3=C(CCCC3=O)Nc3c2c(C)nn3-c2ccc(F)cc2)s1. The molecule has 0 spiro atoms. The van der Waals surface area contributed by atoms with Crippen molar-refractivity contribution in [2.24, 2.45) is 0 Å². The molecule has 3 heterocycles. The zero-order chi connectivity index (χ0) is 19.4. The Bertz CT molecular complexity index is 1120. The summed E-state index contributed by atoms with van der Waals surface area (Å²) in [5.41, 5.74) is 4.61. The molecular formula is C22H20FN3OS. The van der Waals surface area contributed by atoms with Crippen LogP contribution in [0, 0.1) is 19.7 Å². The van der Waals surface area contributed by atoms with Crippen molar-refractivity contribution in [2.75, 3.05) is 5.32 Å². The van der Waals surface area contributed by atoms with Crippen molar-refractivity contribution >= 4 is 22.9 Å². The molecule has 4 nitrogen and oxygen atoms in total. The van der Waals surface area contributed by atoms with E-state index in [1.807, 2.05) is 11.6 Å². The minimum absolute atomic E-state index is 0.0908. The van der Waals surface area contributed by atoms with Crippen LogP contribution < -0.4 is 5.32 Å². The zero-order valence-corrected chi connectivity index (χ0v) is 16.6. The van der Waals surface area contributed by atoms with Crippen molar-refractivity contribution < 1.29 is 9.18 Å². The molecule has 3 aromatic rings. The molecule has 0 saturated carbocycles. The smallest absolute Gasteiger partial charge is 0.161 e. The Morgan fingerprint density at radius 1 is 1.14 bits per heavy atom. The molecule has 0 amide bonds. The Balaban J connectivity index is 1.74. The number of ketones is 1. The maximum Gasteiger partial charge on any atom is 0.161 e. The Morgan fingerprint density at radius 2 is 1.93 bits per heavy atom. The number of carbonyl (C=O) groups is 1. The summed E-state index contributed by atoms with van der Waals surface area (Å²) >= 11 is 1.73. The number of halogens is 1. The number of hydrogen-bond acceptors (Lipinski definition) is 4. The number of aryl methyl sites for hydroxylation is 2. The summed E-state index contributed by atoms with van der Waals surface area (Å²) in [6, 6.07) is 10.6. The Morgan fingerprint density at radius 3 is 2.64 bits per heavy atom. The number of nitrogens with one attached hydrogen (secondary N) is 1. The number of hydrogen-bond donors (Lipinski definition) is 1. The zero-order valence-electron chi connectivity index (χ0n) is 15.8. The highest BCUT2D eigenvalue weighted by Gasteiger charge is 2.39. The minimum Gasteiger partial charge on any atom is -0.343 e. The van der Waals surface area contributed by atoms with Gasteiger partial charge in [0.1, 0.15) is 11.6 Å². The molecule has 0 bridgehead atoms. The summed E-state index contributed by atoms with van der Waals surface area (Å²) in [5.74, 6) is 0.745. The van der Waals surface area contributed by atoms with Gasteiger partial charge in [-0.3, -0.25) is 4.79 Å². The lowest BCUT2D eigenvalue weighted by atomic mass is 9.79. The highest BCUT2D eigenvalue weighted by atomic mass is 32.1. The van der Waals surface area contributed by atoms with Gasteiger partial charge >= 0.3 is 0 Å². The van der Waals surface area contributed by atoms with Crippen molar-refractivity contribution in [1.29, 1.82) is 0 Å². The third kappa shape index (κ3) is 2.63.